The van der Waals surface area contributed by atoms with E-state index in [1.54, 1.807) is 0 Å². The molecule has 0 saturated carbocycles. The van der Waals surface area contributed by atoms with Gasteiger partial charge in [-0.05, 0) is 0 Å². The topological polar surface area (TPSA) is 797 Å². The number of ether oxygens (including phenoxy) is 17. The molecule has 0 aromatic heterocycles. The minimum atomic E-state index is -2.59. The predicted molar refractivity (Wildman–Crippen MR) is 367 cm³/mol. The Balaban J connectivity index is 1.06. The van der Waals surface area contributed by atoms with E-state index in [1.807, 2.05) is 0 Å². The standard InChI is InChI=1S/C66H110N6O46/c1-16(81)67-31-44(94)51(26(11-77)103-58(31)101)112-61-34(70-19(4)84)47(97)54(29(14-80)108-61)115-64-50(100)55(116-66-57(49(99)40(90)25(10-76)107-66)118-63-36(72-21(6)86)46(96)53(28(13-79)110-63)114-60-33(69-18(3)83)43(93)38(88)23(8-74)105-60)41(91)30(111-64)15-102-65-56(48(98)39(89)24(9-75)106-65)117-62-35(71-20(5)85)45(95)52(27(12-78)109-62)113-59-32(68-17(2)82)42(92)37(87)22(7-73)104-59/h22-66,73-80,87-101H,7-15H2,1-6H3,(H,67,81)(H,68,82)(H,69,83)(H,70,84)(H,71,85)(H,72,86)/t22-,23-,24-,25-,26-,27-,28-,29-,30-,31-,32-,33-,34-,35-,36-,37+,38+,39-,40-,41-,42-,43-,44-,45-,46-,47-,48+,49+,50+,51-,52-,53-,54-,55+,56+,57+,58-,59+,60+,61+,62+,63+,64+,65+,66-/m1/s1. The van der Waals surface area contributed by atoms with E-state index in [1.165, 1.54) is 0 Å². The molecule has 0 aromatic carbocycles. The van der Waals surface area contributed by atoms with E-state index in [-0.39, 0.29) is 0 Å². The van der Waals surface area contributed by atoms with Gasteiger partial charge in [0.05, 0.1) is 59.5 Å². The monoisotopic (exact) mass is 1720 g/mol. The Morgan fingerprint density at radius 3 is 0.771 bits per heavy atom. The summed E-state index contributed by atoms with van der Waals surface area (Å²) in [6, 6.07) is -10.8. The van der Waals surface area contributed by atoms with E-state index in [0.29, 0.717) is 0 Å². The summed E-state index contributed by atoms with van der Waals surface area (Å²) in [5, 5.41) is 273. The number of hydrogen-bond donors (Lipinski definition) is 29. The molecule has 6 amide bonds. The predicted octanol–water partition coefficient (Wildman–Crippen LogP) is -19.8. The molecule has 9 aliphatic rings. The van der Waals surface area contributed by atoms with Crippen LogP contribution in [-0.2, 0) is 109 Å². The molecule has 0 radical (unpaired) electrons. The van der Waals surface area contributed by atoms with Crippen molar-refractivity contribution in [3.63, 3.8) is 0 Å². The average molecular weight is 1720 g/mol. The van der Waals surface area contributed by atoms with Crippen molar-refractivity contribution in [3.05, 3.63) is 0 Å². The highest BCUT2D eigenvalue weighted by atomic mass is 16.8. The second-order valence-electron chi connectivity index (χ2n) is 29.6. The van der Waals surface area contributed by atoms with Crippen LogP contribution in [-0.4, -0.2) is 488 Å². The zero-order valence-corrected chi connectivity index (χ0v) is 64.0. The molecule has 118 heavy (non-hydrogen) atoms. The molecule has 52 nitrogen and oxygen atoms in total. The van der Waals surface area contributed by atoms with Crippen LogP contribution in [0, 0.1) is 0 Å². The SMILES string of the molecule is CC(=O)N[C@@H]1[C@@H](O)[C@H](O[C@@H]2O[C@H](CO)[C@@H](O[C@@H]3O[C@H](CO[C@H]4O[C@H](CO)[C@@H](O)[C@H](O)[C@@H]4O[C@@H]4O[C@H](CO)[C@@H](O[C@@H]5O[C@H](CO)[C@H](O)[C@H](O)[C@H]5NC(C)=O)[C@H](O)[C@H]4NC(C)=O)[C@@H](O)[C@H](O[C@H]4O[C@H](CO)[C@@H](O)[C@H](O)[C@@H]4O[C@@H]4O[C@H](CO)[C@@H](O[C@@H]5O[C@H](CO)[C@H](O)[C@H](O)[C@H]5NC(C)=O)[C@H](O)[C@H]4NC(C)=O)[C@@H]3O)[C@H](O)[C@H]2NC(C)=O)[C@@H](CO)O[C@H]1O. The highest BCUT2D eigenvalue weighted by Gasteiger charge is 2.61. The first-order valence-electron chi connectivity index (χ1n) is 37.6. The van der Waals surface area contributed by atoms with E-state index in [9.17, 15) is 146 Å². The van der Waals surface area contributed by atoms with Crippen LogP contribution in [0.4, 0.5) is 0 Å². The third-order valence-corrected chi connectivity index (χ3v) is 21.2. The van der Waals surface area contributed by atoms with Crippen molar-refractivity contribution < 1.29 is 227 Å². The second-order valence-corrected chi connectivity index (χ2v) is 29.6. The molecule has 9 heterocycles. The maximum Gasteiger partial charge on any atom is 0.217 e. The molecule has 9 saturated heterocycles. The summed E-state index contributed by atoms with van der Waals surface area (Å²) in [4.78, 5) is 76.0. The van der Waals surface area contributed by atoms with Gasteiger partial charge in [0.15, 0.2) is 56.6 Å². The molecule has 9 fully saturated rings. The third-order valence-electron chi connectivity index (χ3n) is 21.2. The molecule has 0 spiro atoms. The van der Waals surface area contributed by atoms with Crippen LogP contribution in [0.15, 0.2) is 0 Å². The van der Waals surface area contributed by atoms with Crippen molar-refractivity contribution in [1.29, 1.82) is 0 Å². The Labute approximate surface area is 669 Å². The lowest BCUT2D eigenvalue weighted by Crippen LogP contribution is -2.71. The highest BCUT2D eigenvalue weighted by Crippen LogP contribution is 2.40. The molecule has 0 aliphatic carbocycles. The van der Waals surface area contributed by atoms with Crippen LogP contribution in [0.3, 0.4) is 0 Å². The average Bonchev–Trinajstić information content (AvgIpc) is 0.770. The summed E-state index contributed by atoms with van der Waals surface area (Å²) in [6.45, 7) is -4.04. The number of rotatable bonds is 31. The first-order valence-corrected chi connectivity index (χ1v) is 37.6. The minimum absolute atomic E-state index is 0.792. The summed E-state index contributed by atoms with van der Waals surface area (Å²) >= 11 is 0. The van der Waals surface area contributed by atoms with Crippen molar-refractivity contribution in [3.8, 4) is 0 Å². The fourth-order valence-electron chi connectivity index (χ4n) is 15.3. The van der Waals surface area contributed by atoms with Crippen molar-refractivity contribution in [1.82, 2.24) is 31.9 Å². The zero-order valence-electron chi connectivity index (χ0n) is 64.0. The maximum absolute atomic E-state index is 13.1. The molecule has 9 rings (SSSR count). The number of carbonyl (C=O) groups excluding carboxylic acids is 6. The quantitative estimate of drug-likeness (QED) is 0.0306. The Morgan fingerprint density at radius 2 is 0.449 bits per heavy atom. The molecular weight excluding hydrogens is 1610 g/mol. The second kappa shape index (κ2) is 42.7. The number of amides is 6. The molecule has 0 unspecified atom stereocenters. The van der Waals surface area contributed by atoms with Gasteiger partial charge in [0.1, 0.15) is 219 Å². The number of aliphatic hydroxyl groups excluding tert-OH is 23. The Kier molecular flexibility index (Phi) is 35.1. The minimum Gasteiger partial charge on any atom is -0.394 e. The third kappa shape index (κ3) is 21.9. The van der Waals surface area contributed by atoms with E-state index in [2.05, 4.69) is 31.9 Å². The molecule has 9 aliphatic heterocycles. The fraction of sp³-hybridized carbons (Fsp3) is 0.909. The van der Waals surface area contributed by atoms with Crippen LogP contribution >= 0.6 is 0 Å². The van der Waals surface area contributed by atoms with Gasteiger partial charge >= 0.3 is 0 Å². The number of nitrogens with one attached hydrogen (secondary N) is 6. The van der Waals surface area contributed by atoms with Crippen molar-refractivity contribution >= 4 is 35.4 Å². The van der Waals surface area contributed by atoms with Crippen molar-refractivity contribution in [2.45, 2.75) is 318 Å². The van der Waals surface area contributed by atoms with Crippen molar-refractivity contribution in [2.24, 2.45) is 0 Å². The van der Waals surface area contributed by atoms with Gasteiger partial charge in [0, 0.05) is 41.5 Å². The van der Waals surface area contributed by atoms with E-state index < -0.39 is 371 Å². The van der Waals surface area contributed by atoms with Crippen LogP contribution in [0.25, 0.3) is 0 Å². The Hall–Kier alpha value is -4.78. The van der Waals surface area contributed by atoms with Crippen LogP contribution in [0.2, 0.25) is 0 Å². The van der Waals surface area contributed by atoms with Crippen LogP contribution < -0.4 is 31.9 Å². The molecule has 0 aromatic rings. The van der Waals surface area contributed by atoms with Gasteiger partial charge in [-0.3, -0.25) is 28.8 Å². The Bertz CT molecular complexity index is 3230. The number of aliphatic hydroxyl groups is 23. The smallest absolute Gasteiger partial charge is 0.217 e. The molecule has 52 heteroatoms. The number of carbonyl (C=O) groups is 6. The van der Waals surface area contributed by atoms with E-state index in [0.717, 1.165) is 41.5 Å². The van der Waals surface area contributed by atoms with Crippen molar-refractivity contribution in [2.75, 3.05) is 59.5 Å². The summed E-state index contributed by atoms with van der Waals surface area (Å²) in [7, 11) is 0. The fourth-order valence-corrected chi connectivity index (χ4v) is 15.3. The zero-order chi connectivity index (χ0) is 87.1. The Morgan fingerprint density at radius 1 is 0.220 bits per heavy atom. The lowest BCUT2D eigenvalue weighted by atomic mass is 9.93. The van der Waals surface area contributed by atoms with Crippen LogP contribution in [0.1, 0.15) is 41.5 Å². The molecular formula is C66H110N6O46. The largest absolute Gasteiger partial charge is 0.394 e. The van der Waals surface area contributed by atoms with Gasteiger partial charge in [-0.2, -0.15) is 0 Å². The van der Waals surface area contributed by atoms with Gasteiger partial charge < -0.3 is 230 Å². The van der Waals surface area contributed by atoms with E-state index in [4.69, 9.17) is 80.5 Å². The normalized spacial score (nSPS) is 46.9. The first-order chi connectivity index (χ1) is 55.8. The first kappa shape index (κ1) is 97.0. The lowest BCUT2D eigenvalue weighted by molar-refractivity contribution is -0.398. The lowest BCUT2D eigenvalue weighted by Gasteiger charge is -2.51. The summed E-state index contributed by atoms with van der Waals surface area (Å²) in [6.07, 6.45) is -80.8. The summed E-state index contributed by atoms with van der Waals surface area (Å²) < 4.78 is 102. The molecule has 0 bridgehead atoms. The number of hydrogen-bond acceptors (Lipinski definition) is 46. The maximum atomic E-state index is 13.1. The van der Waals surface area contributed by atoms with Gasteiger partial charge in [-0.1, -0.05) is 0 Å². The van der Waals surface area contributed by atoms with Gasteiger partial charge in [0.2, 0.25) is 35.4 Å². The molecule has 29 N–H and O–H groups in total. The highest BCUT2D eigenvalue weighted by molar-refractivity contribution is 5.75. The molecule has 45 atom stereocenters. The summed E-state index contributed by atoms with van der Waals surface area (Å²) in [5.74, 6) is -5.25. The van der Waals surface area contributed by atoms with Crippen LogP contribution in [0.5, 0.6) is 0 Å². The van der Waals surface area contributed by atoms with E-state index >= 15 is 0 Å². The van der Waals surface area contributed by atoms with Gasteiger partial charge in [-0.15, -0.1) is 0 Å². The molecule has 680 valence electrons. The van der Waals surface area contributed by atoms with Gasteiger partial charge in [0.25, 0.3) is 0 Å². The van der Waals surface area contributed by atoms with Gasteiger partial charge in [-0.25, -0.2) is 0 Å². The summed E-state index contributed by atoms with van der Waals surface area (Å²) in [5.41, 5.74) is 0.